The molecule has 0 saturated heterocycles. The van der Waals surface area contributed by atoms with E-state index in [1.54, 1.807) is 0 Å². The lowest BCUT2D eigenvalue weighted by Gasteiger charge is -2.06. The van der Waals surface area contributed by atoms with E-state index in [0.29, 0.717) is 0 Å². The number of hydrogen-bond donors (Lipinski definition) is 0. The second-order valence-corrected chi connectivity index (χ2v) is 4.77. The molecule has 2 nitrogen and oxygen atoms in total. The smallest absolute Gasteiger partial charge is 0.0702 e. The number of benzene rings is 2. The van der Waals surface area contributed by atoms with Gasteiger partial charge in [-0.25, -0.2) is 0 Å². The van der Waals surface area contributed by atoms with Gasteiger partial charge in [-0.1, -0.05) is 61.5 Å². The molecular formula is C18H20N2. The molecule has 2 aromatic rings. The number of hydrogen-bond acceptors (Lipinski definition) is 2. The van der Waals surface area contributed by atoms with Gasteiger partial charge in [0.25, 0.3) is 0 Å². The van der Waals surface area contributed by atoms with Crippen LogP contribution in [-0.4, -0.2) is 11.4 Å². The molecule has 0 fully saturated rings. The SMILES string of the molecule is CC/C(=N\N=C(/C)c1ccccc1)c1ccccc1C. The Morgan fingerprint density at radius 3 is 2.20 bits per heavy atom. The van der Waals surface area contributed by atoms with Gasteiger partial charge in [0.15, 0.2) is 0 Å². The Kier molecular flexibility index (Phi) is 4.83. The largest absolute Gasteiger partial charge is 0.155 e. The van der Waals surface area contributed by atoms with E-state index < -0.39 is 0 Å². The maximum Gasteiger partial charge on any atom is 0.0702 e. The third-order valence-electron chi connectivity index (χ3n) is 3.30. The van der Waals surface area contributed by atoms with Crippen molar-refractivity contribution in [3.05, 3.63) is 71.3 Å². The molecule has 0 amide bonds. The summed E-state index contributed by atoms with van der Waals surface area (Å²) in [5.74, 6) is 0. The molecule has 2 rings (SSSR count). The molecule has 0 aromatic heterocycles. The molecule has 0 aliphatic heterocycles. The first-order valence-corrected chi connectivity index (χ1v) is 6.95. The van der Waals surface area contributed by atoms with E-state index in [1.165, 1.54) is 11.1 Å². The molecule has 0 bridgehead atoms. The van der Waals surface area contributed by atoms with Crippen molar-refractivity contribution in [2.45, 2.75) is 27.2 Å². The summed E-state index contributed by atoms with van der Waals surface area (Å²) in [7, 11) is 0. The molecule has 0 saturated carbocycles. The van der Waals surface area contributed by atoms with Crippen LogP contribution in [0.2, 0.25) is 0 Å². The molecule has 0 radical (unpaired) electrons. The highest BCUT2D eigenvalue weighted by Crippen LogP contribution is 2.11. The quantitative estimate of drug-likeness (QED) is 0.568. The van der Waals surface area contributed by atoms with Crippen LogP contribution >= 0.6 is 0 Å². The summed E-state index contributed by atoms with van der Waals surface area (Å²) < 4.78 is 0. The Morgan fingerprint density at radius 1 is 0.900 bits per heavy atom. The van der Waals surface area contributed by atoms with Gasteiger partial charge in [-0.3, -0.25) is 0 Å². The van der Waals surface area contributed by atoms with E-state index in [4.69, 9.17) is 0 Å². The van der Waals surface area contributed by atoms with Crippen LogP contribution in [0.3, 0.4) is 0 Å². The molecular weight excluding hydrogens is 244 g/mol. The summed E-state index contributed by atoms with van der Waals surface area (Å²) in [6.07, 6.45) is 0.871. The zero-order valence-corrected chi connectivity index (χ0v) is 12.3. The van der Waals surface area contributed by atoms with E-state index in [9.17, 15) is 0 Å². The molecule has 2 aromatic carbocycles. The van der Waals surface area contributed by atoms with Crippen molar-refractivity contribution < 1.29 is 0 Å². The van der Waals surface area contributed by atoms with Gasteiger partial charge in [0.1, 0.15) is 0 Å². The third-order valence-corrected chi connectivity index (χ3v) is 3.30. The first-order valence-electron chi connectivity index (χ1n) is 6.95. The predicted molar refractivity (Wildman–Crippen MR) is 86.7 cm³/mol. The number of aryl methyl sites for hydroxylation is 1. The maximum atomic E-state index is 4.45. The van der Waals surface area contributed by atoms with E-state index in [2.05, 4.69) is 36.2 Å². The van der Waals surface area contributed by atoms with Gasteiger partial charge < -0.3 is 0 Å². The first kappa shape index (κ1) is 14.2. The van der Waals surface area contributed by atoms with Crippen LogP contribution in [0.4, 0.5) is 0 Å². The Labute approximate surface area is 120 Å². The minimum Gasteiger partial charge on any atom is -0.155 e. The van der Waals surface area contributed by atoms with Crippen LogP contribution in [0.5, 0.6) is 0 Å². The summed E-state index contributed by atoms with van der Waals surface area (Å²) in [5.41, 5.74) is 5.49. The Morgan fingerprint density at radius 2 is 1.55 bits per heavy atom. The molecule has 0 aliphatic carbocycles. The third kappa shape index (κ3) is 3.41. The summed E-state index contributed by atoms with van der Waals surface area (Å²) in [6.45, 7) is 6.21. The van der Waals surface area contributed by atoms with Gasteiger partial charge in [-0.2, -0.15) is 10.2 Å². The second kappa shape index (κ2) is 6.80. The van der Waals surface area contributed by atoms with Gasteiger partial charge in [0.2, 0.25) is 0 Å². The lowest BCUT2D eigenvalue weighted by molar-refractivity contribution is 1.16. The fourth-order valence-corrected chi connectivity index (χ4v) is 2.08. The summed E-state index contributed by atoms with van der Waals surface area (Å²) in [6, 6.07) is 18.4. The van der Waals surface area contributed by atoms with E-state index in [0.717, 1.165) is 23.4 Å². The predicted octanol–water partition coefficient (Wildman–Crippen LogP) is 4.62. The average molecular weight is 264 g/mol. The van der Waals surface area contributed by atoms with Crippen molar-refractivity contribution in [2.75, 3.05) is 0 Å². The van der Waals surface area contributed by atoms with E-state index in [1.807, 2.05) is 49.4 Å². The minimum absolute atomic E-state index is 0.871. The van der Waals surface area contributed by atoms with Gasteiger partial charge in [0.05, 0.1) is 11.4 Å². The molecule has 0 unspecified atom stereocenters. The average Bonchev–Trinajstić information content (AvgIpc) is 2.50. The van der Waals surface area contributed by atoms with Crippen LogP contribution in [0.15, 0.2) is 64.8 Å². The van der Waals surface area contributed by atoms with Crippen LogP contribution in [-0.2, 0) is 0 Å². The van der Waals surface area contributed by atoms with Gasteiger partial charge >= 0.3 is 0 Å². The first-order chi connectivity index (χ1) is 9.72. The fraction of sp³-hybridized carbons (Fsp3) is 0.222. The lowest BCUT2D eigenvalue weighted by atomic mass is 10.0. The molecule has 0 atom stereocenters. The number of rotatable bonds is 4. The molecule has 20 heavy (non-hydrogen) atoms. The van der Waals surface area contributed by atoms with Gasteiger partial charge in [-0.05, 0) is 31.4 Å². The standard InChI is InChI=1S/C18H20N2/c1-4-18(17-13-9-8-10-14(17)2)20-19-15(3)16-11-6-5-7-12-16/h5-13H,4H2,1-3H3/b19-15+,20-18+. The molecule has 102 valence electrons. The van der Waals surface area contributed by atoms with Crippen LogP contribution in [0, 0.1) is 6.92 Å². The Balaban J connectivity index is 2.31. The normalized spacial score (nSPS) is 12.6. The topological polar surface area (TPSA) is 24.7 Å². The van der Waals surface area contributed by atoms with Crippen molar-refractivity contribution in [1.29, 1.82) is 0 Å². The fourth-order valence-electron chi connectivity index (χ4n) is 2.08. The zero-order chi connectivity index (χ0) is 14.4. The molecule has 0 spiro atoms. The highest BCUT2D eigenvalue weighted by Gasteiger charge is 2.04. The van der Waals surface area contributed by atoms with Crippen LogP contribution in [0.1, 0.15) is 37.0 Å². The zero-order valence-electron chi connectivity index (χ0n) is 12.3. The van der Waals surface area contributed by atoms with Crippen LogP contribution < -0.4 is 0 Å². The molecule has 2 heteroatoms. The summed E-state index contributed by atoms with van der Waals surface area (Å²) >= 11 is 0. The van der Waals surface area contributed by atoms with Crippen molar-refractivity contribution >= 4 is 11.4 Å². The number of nitrogens with zero attached hydrogens (tertiary/aromatic N) is 2. The molecule has 0 heterocycles. The second-order valence-electron chi connectivity index (χ2n) is 4.77. The Hall–Kier alpha value is -2.22. The van der Waals surface area contributed by atoms with E-state index in [-0.39, 0.29) is 0 Å². The highest BCUT2D eigenvalue weighted by atomic mass is 15.2. The monoisotopic (exact) mass is 264 g/mol. The van der Waals surface area contributed by atoms with Crippen molar-refractivity contribution in [2.24, 2.45) is 10.2 Å². The molecule has 0 N–H and O–H groups in total. The van der Waals surface area contributed by atoms with Crippen molar-refractivity contribution in [3.8, 4) is 0 Å². The van der Waals surface area contributed by atoms with Gasteiger partial charge in [0, 0.05) is 5.56 Å². The van der Waals surface area contributed by atoms with Crippen molar-refractivity contribution in [1.82, 2.24) is 0 Å². The minimum atomic E-state index is 0.871. The van der Waals surface area contributed by atoms with Crippen molar-refractivity contribution in [3.63, 3.8) is 0 Å². The van der Waals surface area contributed by atoms with E-state index >= 15 is 0 Å². The maximum absolute atomic E-state index is 4.45. The lowest BCUT2D eigenvalue weighted by Crippen LogP contribution is -2.02. The van der Waals surface area contributed by atoms with Gasteiger partial charge in [-0.15, -0.1) is 0 Å². The summed E-state index contributed by atoms with van der Waals surface area (Å²) in [4.78, 5) is 0. The molecule has 0 aliphatic rings. The summed E-state index contributed by atoms with van der Waals surface area (Å²) in [5, 5.41) is 8.84. The highest BCUT2D eigenvalue weighted by molar-refractivity contribution is 6.03. The van der Waals surface area contributed by atoms with Crippen LogP contribution in [0.25, 0.3) is 0 Å². The Bertz CT molecular complexity index is 625.